The second-order valence-electron chi connectivity index (χ2n) is 13.0. The van der Waals surface area contributed by atoms with E-state index < -0.39 is 6.10 Å². The number of nitrogens with two attached hydrogens (primary N) is 1. The molecule has 0 radical (unpaired) electrons. The molecule has 1 saturated carbocycles. The molecule has 0 amide bonds. The Morgan fingerprint density at radius 3 is 2.61 bits per heavy atom. The zero-order valence-corrected chi connectivity index (χ0v) is 24.7. The van der Waals surface area contributed by atoms with Crippen LogP contribution in [0.2, 0.25) is 0 Å². The van der Waals surface area contributed by atoms with Crippen LogP contribution < -0.4 is 15.8 Å². The van der Waals surface area contributed by atoms with E-state index in [0.29, 0.717) is 61.3 Å². The van der Waals surface area contributed by atoms with Crippen molar-refractivity contribution in [1.82, 2.24) is 15.1 Å². The quantitative estimate of drug-likeness (QED) is 0.347. The molecule has 3 fully saturated rings. The van der Waals surface area contributed by atoms with E-state index in [4.69, 9.17) is 15.2 Å². The number of phenols is 1. The highest BCUT2D eigenvalue weighted by molar-refractivity contribution is 5.77. The summed E-state index contributed by atoms with van der Waals surface area (Å²) in [7, 11) is 1.52. The molecule has 6 rings (SSSR count). The van der Waals surface area contributed by atoms with Crippen LogP contribution in [0.3, 0.4) is 0 Å². The Labute approximate surface area is 244 Å². The van der Waals surface area contributed by atoms with Gasteiger partial charge in [0.05, 0.1) is 19.9 Å². The lowest BCUT2D eigenvalue weighted by Crippen LogP contribution is -2.54. The van der Waals surface area contributed by atoms with Crippen LogP contribution in [0.25, 0.3) is 0 Å². The summed E-state index contributed by atoms with van der Waals surface area (Å²) in [5.74, 6) is 3.22. The first kappa shape index (κ1) is 29.9. The topological polar surface area (TPSA) is 133 Å². The number of phenolic OH excluding ortho intramolecular Hbond substituents is 1. The van der Waals surface area contributed by atoms with Crippen molar-refractivity contribution in [1.29, 1.82) is 0 Å². The van der Waals surface area contributed by atoms with E-state index in [9.17, 15) is 15.0 Å². The number of carbonyl (C=O) groups excluding carboxylic acids is 1. The Morgan fingerprint density at radius 2 is 1.88 bits per heavy atom. The molecule has 228 valence electrons. The van der Waals surface area contributed by atoms with Crippen LogP contribution in [0.1, 0.15) is 51.0 Å². The van der Waals surface area contributed by atoms with Gasteiger partial charge in [0.25, 0.3) is 0 Å². The monoisotopic (exact) mass is 571 g/mol. The summed E-state index contributed by atoms with van der Waals surface area (Å²) >= 11 is 0. The van der Waals surface area contributed by atoms with Crippen molar-refractivity contribution >= 4 is 11.9 Å². The molecule has 5 aliphatic rings. The molecule has 10 nitrogen and oxygen atoms in total. The number of aliphatic imine (C=N–C) groups is 1. The Hall–Kier alpha value is -2.56. The summed E-state index contributed by atoms with van der Waals surface area (Å²) in [6, 6.07) is 5.26. The van der Waals surface area contributed by atoms with Gasteiger partial charge in [0.15, 0.2) is 17.5 Å². The smallest absolute Gasteiger partial charge is 0.302 e. The summed E-state index contributed by atoms with van der Waals surface area (Å²) in [5.41, 5.74) is 7.27. The number of carbonyl (C=O) groups is 1. The Bertz CT molecular complexity index is 1060. The van der Waals surface area contributed by atoms with Gasteiger partial charge in [0, 0.05) is 52.6 Å². The molecule has 0 spiro atoms. The van der Waals surface area contributed by atoms with Gasteiger partial charge in [-0.3, -0.25) is 9.69 Å². The summed E-state index contributed by atoms with van der Waals surface area (Å²) in [5, 5.41) is 24.7. The maximum atomic E-state index is 11.9. The summed E-state index contributed by atoms with van der Waals surface area (Å²) in [6.07, 6.45) is 5.02. The molecule has 2 saturated heterocycles. The third-order valence-electron chi connectivity index (χ3n) is 9.77. The summed E-state index contributed by atoms with van der Waals surface area (Å²) < 4.78 is 10.9. The number of nitrogens with one attached hydrogen (secondary N) is 1. The van der Waals surface area contributed by atoms with E-state index in [0.717, 1.165) is 51.0 Å². The number of fused-ring (bicyclic) bond motifs is 3. The molecule has 1 aromatic rings. The maximum absolute atomic E-state index is 11.9. The highest BCUT2D eigenvalue weighted by Crippen LogP contribution is 2.39. The minimum Gasteiger partial charge on any atom is -0.504 e. The molecule has 5 N–H and O–H groups in total. The van der Waals surface area contributed by atoms with Gasteiger partial charge in [0.1, 0.15) is 6.10 Å². The van der Waals surface area contributed by atoms with Gasteiger partial charge in [-0.25, -0.2) is 4.99 Å². The van der Waals surface area contributed by atoms with E-state index in [-0.39, 0.29) is 23.7 Å². The Morgan fingerprint density at radius 1 is 1.12 bits per heavy atom. The fraction of sp³-hybridized carbons (Fsp3) is 0.742. The van der Waals surface area contributed by atoms with Crippen molar-refractivity contribution in [3.05, 3.63) is 23.8 Å². The average molecular weight is 572 g/mol. The van der Waals surface area contributed by atoms with E-state index >= 15 is 0 Å². The van der Waals surface area contributed by atoms with Crippen LogP contribution in [0.5, 0.6) is 11.5 Å². The number of benzene rings is 1. The average Bonchev–Trinajstić information content (AvgIpc) is 2.94. The Balaban J connectivity index is 1.21. The number of aliphatic hydroxyl groups excluding tert-OH is 1. The minimum atomic E-state index is -0.551. The highest BCUT2D eigenvalue weighted by Gasteiger charge is 2.39. The largest absolute Gasteiger partial charge is 0.504 e. The second-order valence-corrected chi connectivity index (χ2v) is 13.0. The van der Waals surface area contributed by atoms with Crippen LogP contribution in [-0.2, 0) is 16.0 Å². The van der Waals surface area contributed by atoms with Crippen molar-refractivity contribution in [2.24, 2.45) is 40.3 Å². The molecular weight excluding hydrogens is 522 g/mol. The molecule has 4 heterocycles. The fourth-order valence-electron chi connectivity index (χ4n) is 7.89. The molecule has 0 aromatic heterocycles. The van der Waals surface area contributed by atoms with Crippen molar-refractivity contribution < 1.29 is 24.5 Å². The number of hydrogen-bond donors (Lipinski definition) is 4. The predicted octanol–water partition coefficient (Wildman–Crippen LogP) is 2.18. The summed E-state index contributed by atoms with van der Waals surface area (Å²) in [4.78, 5) is 21.7. The highest BCUT2D eigenvalue weighted by atomic mass is 16.5. The zero-order valence-electron chi connectivity index (χ0n) is 24.7. The van der Waals surface area contributed by atoms with Gasteiger partial charge in [-0.05, 0) is 85.8 Å². The molecule has 7 atom stereocenters. The van der Waals surface area contributed by atoms with Crippen LogP contribution in [0, 0.1) is 29.6 Å². The molecule has 41 heavy (non-hydrogen) atoms. The zero-order chi connectivity index (χ0) is 28.9. The van der Waals surface area contributed by atoms with Gasteiger partial charge >= 0.3 is 5.97 Å². The van der Waals surface area contributed by atoms with Gasteiger partial charge < -0.3 is 35.6 Å². The summed E-state index contributed by atoms with van der Waals surface area (Å²) in [6.45, 7) is 8.52. The predicted molar refractivity (Wildman–Crippen MR) is 158 cm³/mol. The first-order chi connectivity index (χ1) is 19.7. The third kappa shape index (κ3) is 8.05. The normalized spacial score (nSPS) is 33.1. The van der Waals surface area contributed by atoms with E-state index in [1.807, 2.05) is 6.07 Å². The maximum Gasteiger partial charge on any atom is 0.302 e. The number of nitrogens with zero attached hydrogens (tertiary/aromatic N) is 3. The standard InChI is InChI=1S/C31H49N5O5/c1-20(37)41-27(7-3-21-4-8-28(38)30(10-21)40-2)12-29(39)24-5-6-25-18-35-14-22-9-23(15-35)17-36(16-22)19-34-31(32)33-13-26(25)11-24/h4,8,10,22-27,29,38-39H,3,5-7,9,11-19H2,1-2H3,(H3,32,33,34)/t22-,23-,24-,25-,26+,27+,29+/m0/s1. The number of piperidine rings is 2. The van der Waals surface area contributed by atoms with Crippen molar-refractivity contribution in [2.45, 2.75) is 64.1 Å². The van der Waals surface area contributed by atoms with Crippen molar-refractivity contribution in [2.75, 3.05) is 53.0 Å². The second kappa shape index (κ2) is 13.6. The minimum absolute atomic E-state index is 0.0956. The van der Waals surface area contributed by atoms with E-state index in [1.165, 1.54) is 33.5 Å². The number of aliphatic hydroxyl groups is 1. The lowest BCUT2D eigenvalue weighted by atomic mass is 9.71. The van der Waals surface area contributed by atoms with Crippen LogP contribution in [0.15, 0.2) is 23.2 Å². The van der Waals surface area contributed by atoms with Gasteiger partial charge in [-0.1, -0.05) is 6.07 Å². The van der Waals surface area contributed by atoms with Gasteiger partial charge in [-0.2, -0.15) is 0 Å². The number of aryl methyl sites for hydroxylation is 1. The van der Waals surface area contributed by atoms with E-state index in [1.54, 1.807) is 12.1 Å². The number of hydrogen-bond acceptors (Lipinski definition) is 10. The molecule has 1 aromatic carbocycles. The lowest BCUT2D eigenvalue weighted by molar-refractivity contribution is -0.148. The molecular formula is C31H49N5O5. The van der Waals surface area contributed by atoms with Gasteiger partial charge in [0.2, 0.25) is 0 Å². The number of guanidine groups is 1. The molecule has 4 aliphatic heterocycles. The van der Waals surface area contributed by atoms with Crippen molar-refractivity contribution in [3.63, 3.8) is 0 Å². The molecule has 0 unspecified atom stereocenters. The first-order valence-electron chi connectivity index (χ1n) is 15.4. The number of aromatic hydroxyl groups is 1. The van der Waals surface area contributed by atoms with Gasteiger partial charge in [-0.15, -0.1) is 0 Å². The fourth-order valence-corrected chi connectivity index (χ4v) is 7.89. The third-order valence-corrected chi connectivity index (χ3v) is 9.77. The molecule has 1 aliphatic carbocycles. The number of rotatable bonds is 8. The number of methoxy groups -OCH3 is 1. The van der Waals surface area contributed by atoms with Crippen LogP contribution >= 0.6 is 0 Å². The Kier molecular flexibility index (Phi) is 9.93. The van der Waals surface area contributed by atoms with E-state index in [2.05, 4.69) is 20.1 Å². The lowest BCUT2D eigenvalue weighted by Gasteiger charge is -2.47. The number of ether oxygens (including phenoxy) is 2. The van der Waals surface area contributed by atoms with Crippen LogP contribution in [0.4, 0.5) is 0 Å². The number of esters is 1. The first-order valence-corrected chi connectivity index (χ1v) is 15.4. The SMILES string of the molecule is COc1cc(CC[C@H](C[C@@H](O)[C@H]2CC[C@H]3CN4C[C@@H]5C[C@H](CN(CN=C(N)NC[C@H]3C2)C5)C4)OC(C)=O)ccc1O. The molecule has 4 bridgehead atoms. The molecule has 10 heteroatoms. The van der Waals surface area contributed by atoms with Crippen LogP contribution in [-0.4, -0.2) is 97.2 Å². The van der Waals surface area contributed by atoms with Crippen molar-refractivity contribution in [3.8, 4) is 11.5 Å².